The van der Waals surface area contributed by atoms with E-state index in [-0.39, 0.29) is 5.78 Å². The van der Waals surface area contributed by atoms with E-state index in [4.69, 9.17) is 4.42 Å². The highest BCUT2D eigenvalue weighted by Crippen LogP contribution is 2.50. The molecule has 0 N–H and O–H groups in total. The van der Waals surface area contributed by atoms with Crippen LogP contribution in [0.3, 0.4) is 0 Å². The maximum Gasteiger partial charge on any atom is 0.194 e. The average molecular weight is 478 g/mol. The van der Waals surface area contributed by atoms with Gasteiger partial charge in [0.15, 0.2) is 5.78 Å². The van der Waals surface area contributed by atoms with Gasteiger partial charge in [0.05, 0.1) is 4.47 Å². The molecule has 4 heteroatoms. The van der Waals surface area contributed by atoms with Gasteiger partial charge in [0.2, 0.25) is 0 Å². The molecule has 1 aromatic heterocycles. The molecule has 1 heterocycles. The fraction of sp³-hybridized carbons (Fsp3) is 0. The first-order chi connectivity index (χ1) is 13.1. The molecule has 1 aliphatic rings. The molecule has 6 rings (SSSR count). The predicted molar refractivity (Wildman–Crippen MR) is 115 cm³/mol. The predicted octanol–water partition coefficient (Wildman–Crippen LogP) is 7.48. The van der Waals surface area contributed by atoms with Gasteiger partial charge in [-0.05, 0) is 44.9 Å². The van der Waals surface area contributed by atoms with E-state index in [1.165, 1.54) is 0 Å². The van der Waals surface area contributed by atoms with E-state index < -0.39 is 0 Å². The molecular formula is C23H10Br2O2. The minimum Gasteiger partial charge on any atom is -0.455 e. The van der Waals surface area contributed by atoms with Crippen LogP contribution < -0.4 is 0 Å². The Morgan fingerprint density at radius 3 is 2.15 bits per heavy atom. The van der Waals surface area contributed by atoms with E-state index in [9.17, 15) is 4.79 Å². The van der Waals surface area contributed by atoms with Crippen molar-refractivity contribution in [2.24, 2.45) is 0 Å². The second kappa shape index (κ2) is 5.31. The van der Waals surface area contributed by atoms with Crippen LogP contribution in [0.4, 0.5) is 0 Å². The molecule has 0 saturated heterocycles. The number of carbonyl (C=O) groups is 1. The number of carbonyl (C=O) groups excluding carboxylic acids is 1. The van der Waals surface area contributed by atoms with Crippen molar-refractivity contribution in [1.82, 2.24) is 0 Å². The molecule has 0 bridgehead atoms. The zero-order valence-corrected chi connectivity index (χ0v) is 17.0. The minimum atomic E-state index is 0.0549. The molecule has 2 nitrogen and oxygen atoms in total. The summed E-state index contributed by atoms with van der Waals surface area (Å²) < 4.78 is 7.87. The van der Waals surface area contributed by atoms with Crippen LogP contribution in [0.5, 0.6) is 0 Å². The minimum absolute atomic E-state index is 0.0549. The van der Waals surface area contributed by atoms with Gasteiger partial charge in [-0.1, -0.05) is 58.4 Å². The molecule has 0 radical (unpaired) electrons. The van der Waals surface area contributed by atoms with Gasteiger partial charge in [0, 0.05) is 37.5 Å². The van der Waals surface area contributed by atoms with Crippen molar-refractivity contribution >= 4 is 70.4 Å². The third-order valence-corrected chi connectivity index (χ3v) is 6.58. The number of rotatable bonds is 0. The van der Waals surface area contributed by atoms with Crippen molar-refractivity contribution in [2.75, 3.05) is 0 Å². The van der Waals surface area contributed by atoms with Crippen LogP contribution in [0.15, 0.2) is 74.0 Å². The number of para-hydroxylation sites is 1. The maximum atomic E-state index is 13.3. The Morgan fingerprint density at radius 1 is 0.704 bits per heavy atom. The molecule has 0 saturated carbocycles. The molecule has 27 heavy (non-hydrogen) atoms. The zero-order valence-electron chi connectivity index (χ0n) is 13.8. The molecule has 5 aromatic rings. The number of hydrogen-bond donors (Lipinski definition) is 0. The van der Waals surface area contributed by atoms with Crippen LogP contribution in [0.25, 0.3) is 43.8 Å². The van der Waals surface area contributed by atoms with E-state index >= 15 is 0 Å². The molecule has 0 fully saturated rings. The van der Waals surface area contributed by atoms with Crippen LogP contribution in [0.1, 0.15) is 15.9 Å². The van der Waals surface area contributed by atoms with Gasteiger partial charge >= 0.3 is 0 Å². The van der Waals surface area contributed by atoms with Gasteiger partial charge in [-0.3, -0.25) is 4.79 Å². The second-order valence-electron chi connectivity index (χ2n) is 6.74. The SMILES string of the molecule is O=C1c2cc(Br)c3ccccc3c2-c2c1cc(Br)c1oc3ccccc3c21. The number of ketones is 1. The molecule has 128 valence electrons. The van der Waals surface area contributed by atoms with Crippen LogP contribution in [-0.2, 0) is 0 Å². The molecule has 0 spiro atoms. The lowest BCUT2D eigenvalue weighted by molar-refractivity contribution is 0.104. The highest BCUT2D eigenvalue weighted by Gasteiger charge is 2.33. The van der Waals surface area contributed by atoms with Crippen LogP contribution in [0, 0.1) is 0 Å². The van der Waals surface area contributed by atoms with E-state index in [1.54, 1.807) is 0 Å². The topological polar surface area (TPSA) is 30.2 Å². The molecule has 1 aliphatic carbocycles. The highest BCUT2D eigenvalue weighted by molar-refractivity contribution is 9.11. The quantitative estimate of drug-likeness (QED) is 0.227. The summed E-state index contributed by atoms with van der Waals surface area (Å²) in [6, 6.07) is 20.0. The summed E-state index contributed by atoms with van der Waals surface area (Å²) in [5.41, 5.74) is 5.03. The molecule has 0 aliphatic heterocycles. The van der Waals surface area contributed by atoms with Crippen LogP contribution >= 0.6 is 31.9 Å². The average Bonchev–Trinajstić information content (AvgIpc) is 3.20. The summed E-state index contributed by atoms with van der Waals surface area (Å²) >= 11 is 7.25. The third kappa shape index (κ3) is 1.92. The summed E-state index contributed by atoms with van der Waals surface area (Å²) in [7, 11) is 0. The summed E-state index contributed by atoms with van der Waals surface area (Å²) in [5.74, 6) is 0.0549. The van der Waals surface area contributed by atoms with Crippen LogP contribution in [-0.4, -0.2) is 5.78 Å². The van der Waals surface area contributed by atoms with Crippen molar-refractivity contribution in [3.63, 3.8) is 0 Å². The summed E-state index contributed by atoms with van der Waals surface area (Å²) in [6.45, 7) is 0. The monoisotopic (exact) mass is 476 g/mol. The van der Waals surface area contributed by atoms with Crippen LogP contribution in [0.2, 0.25) is 0 Å². The van der Waals surface area contributed by atoms with Crippen molar-refractivity contribution < 1.29 is 9.21 Å². The second-order valence-corrected chi connectivity index (χ2v) is 8.45. The standard InChI is InChI=1S/C23H10Br2O2/c24-16-9-14-19(12-6-2-1-5-11(12)16)20-15(22(14)26)10-17(25)23-21(20)13-7-3-4-8-18(13)27-23/h1-10H. The first-order valence-electron chi connectivity index (χ1n) is 8.55. The first-order valence-corrected chi connectivity index (χ1v) is 10.1. The van der Waals surface area contributed by atoms with E-state index in [1.807, 2.05) is 42.5 Å². The van der Waals surface area contributed by atoms with Gasteiger partial charge in [0.25, 0.3) is 0 Å². The Hall–Kier alpha value is -2.43. The molecular weight excluding hydrogens is 468 g/mol. The lowest BCUT2D eigenvalue weighted by Gasteiger charge is -2.09. The van der Waals surface area contributed by atoms with Gasteiger partial charge in [0.1, 0.15) is 11.2 Å². The number of hydrogen-bond acceptors (Lipinski definition) is 2. The van der Waals surface area contributed by atoms with E-state index in [0.717, 1.165) is 63.9 Å². The Morgan fingerprint density at radius 2 is 1.33 bits per heavy atom. The van der Waals surface area contributed by atoms with Gasteiger partial charge in [-0.25, -0.2) is 0 Å². The van der Waals surface area contributed by atoms with Gasteiger partial charge in [-0.15, -0.1) is 0 Å². The number of halogens is 2. The lowest BCUT2D eigenvalue weighted by Crippen LogP contribution is -1.95. The largest absolute Gasteiger partial charge is 0.455 e. The number of benzene rings is 4. The fourth-order valence-corrected chi connectivity index (χ4v) is 5.31. The molecule has 4 aromatic carbocycles. The Bertz CT molecular complexity index is 1460. The molecule has 0 amide bonds. The normalized spacial score (nSPS) is 12.9. The molecule has 0 unspecified atom stereocenters. The third-order valence-electron chi connectivity index (χ3n) is 5.34. The summed E-state index contributed by atoms with van der Waals surface area (Å²) in [4.78, 5) is 13.3. The van der Waals surface area contributed by atoms with Gasteiger partial charge < -0.3 is 4.42 Å². The Labute approximate surface area is 171 Å². The Balaban J connectivity index is 1.92. The summed E-state index contributed by atoms with van der Waals surface area (Å²) in [5, 5.41) is 4.19. The van der Waals surface area contributed by atoms with E-state index in [2.05, 4.69) is 50.1 Å². The Kier molecular flexibility index (Phi) is 3.07. The fourth-order valence-electron chi connectivity index (χ4n) is 4.22. The smallest absolute Gasteiger partial charge is 0.194 e. The van der Waals surface area contributed by atoms with Crippen molar-refractivity contribution in [3.8, 4) is 11.1 Å². The van der Waals surface area contributed by atoms with Crippen molar-refractivity contribution in [1.29, 1.82) is 0 Å². The van der Waals surface area contributed by atoms with E-state index in [0.29, 0.717) is 0 Å². The maximum absolute atomic E-state index is 13.3. The van der Waals surface area contributed by atoms with Crippen molar-refractivity contribution in [3.05, 3.63) is 80.7 Å². The van der Waals surface area contributed by atoms with Gasteiger partial charge in [-0.2, -0.15) is 0 Å². The molecule has 0 atom stereocenters. The number of fused-ring (bicyclic) bond motifs is 9. The lowest BCUT2D eigenvalue weighted by atomic mass is 9.95. The van der Waals surface area contributed by atoms with Crippen molar-refractivity contribution in [2.45, 2.75) is 0 Å². The highest BCUT2D eigenvalue weighted by atomic mass is 79.9. The first kappa shape index (κ1) is 15.6. The zero-order chi connectivity index (χ0) is 18.3. The number of furan rings is 1. The summed E-state index contributed by atoms with van der Waals surface area (Å²) in [6.07, 6.45) is 0.